The van der Waals surface area contributed by atoms with E-state index in [2.05, 4.69) is 10.3 Å². The summed E-state index contributed by atoms with van der Waals surface area (Å²) in [5, 5.41) is 3.75. The van der Waals surface area contributed by atoms with Gasteiger partial charge in [-0.15, -0.1) is 0 Å². The van der Waals surface area contributed by atoms with Gasteiger partial charge in [-0.3, -0.25) is 9.59 Å². The highest BCUT2D eigenvalue weighted by Gasteiger charge is 2.27. The van der Waals surface area contributed by atoms with E-state index in [0.717, 1.165) is 22.0 Å². The molecule has 4 aromatic rings. The molecule has 0 saturated carbocycles. The molecule has 1 atom stereocenters. The normalized spacial score (nSPS) is 17.5. The minimum Gasteiger partial charge on any atom is -0.497 e. The molecule has 202 valence electrons. The number of carbonyl (C=O) groups excluding carboxylic acids is 2. The van der Waals surface area contributed by atoms with E-state index in [4.69, 9.17) is 4.74 Å². The maximum atomic E-state index is 13.7. The van der Waals surface area contributed by atoms with Gasteiger partial charge in [0.1, 0.15) is 11.8 Å². The summed E-state index contributed by atoms with van der Waals surface area (Å²) in [7, 11) is -0.182. The fourth-order valence-electron chi connectivity index (χ4n) is 5.07. The highest BCUT2D eigenvalue weighted by molar-refractivity contribution is 7.90. The van der Waals surface area contributed by atoms with Crippen molar-refractivity contribution in [2.45, 2.75) is 31.1 Å². The lowest BCUT2D eigenvalue weighted by atomic mass is 10.0. The molecule has 39 heavy (non-hydrogen) atoms. The third-order valence-electron chi connectivity index (χ3n) is 7.16. The Morgan fingerprint density at radius 2 is 1.74 bits per heavy atom. The van der Waals surface area contributed by atoms with Crippen LogP contribution in [-0.2, 0) is 44.4 Å². The molecule has 1 aromatic heterocycles. The van der Waals surface area contributed by atoms with Crippen LogP contribution in [0, 0.1) is 0 Å². The van der Waals surface area contributed by atoms with E-state index in [1.807, 2.05) is 48.5 Å². The van der Waals surface area contributed by atoms with Crippen LogP contribution in [0.2, 0.25) is 0 Å². The first-order chi connectivity index (χ1) is 18.7. The number of sulfone groups is 1. The molecular formula is C30H31N3O5S. The number of carbonyl (C=O) groups is 2. The second-order valence-electron chi connectivity index (χ2n) is 9.89. The number of nitrogens with zero attached hydrogens (tertiary/aromatic N) is 1. The van der Waals surface area contributed by atoms with Crippen molar-refractivity contribution in [2.24, 2.45) is 0 Å². The van der Waals surface area contributed by atoms with Crippen LogP contribution in [0.3, 0.4) is 0 Å². The maximum absolute atomic E-state index is 13.7. The summed E-state index contributed by atoms with van der Waals surface area (Å²) in [6, 6.07) is 21.3. The zero-order valence-electron chi connectivity index (χ0n) is 21.9. The van der Waals surface area contributed by atoms with Crippen LogP contribution in [0.25, 0.3) is 10.9 Å². The molecule has 2 bridgehead atoms. The summed E-state index contributed by atoms with van der Waals surface area (Å²) in [5.74, 6) is -0.132. The Balaban J connectivity index is 1.52. The number of anilines is 1. The molecule has 3 aromatic carbocycles. The number of hydrogen-bond donors (Lipinski definition) is 2. The van der Waals surface area contributed by atoms with Gasteiger partial charge < -0.3 is 19.9 Å². The molecule has 0 fully saturated rings. The number of hydrogen-bond acceptors (Lipinski definition) is 5. The molecule has 5 rings (SSSR count). The Hall–Kier alpha value is -4.11. The average molecular weight is 546 g/mol. The highest BCUT2D eigenvalue weighted by Crippen LogP contribution is 2.26. The molecular weight excluding hydrogens is 514 g/mol. The topological polar surface area (TPSA) is 109 Å². The lowest BCUT2D eigenvalue weighted by Crippen LogP contribution is -2.49. The van der Waals surface area contributed by atoms with E-state index in [-0.39, 0.29) is 36.2 Å². The highest BCUT2D eigenvalue weighted by atomic mass is 32.2. The quantitative estimate of drug-likeness (QED) is 0.409. The maximum Gasteiger partial charge on any atom is 0.249 e. The van der Waals surface area contributed by atoms with Gasteiger partial charge in [-0.25, -0.2) is 8.42 Å². The van der Waals surface area contributed by atoms with Crippen LogP contribution in [0.15, 0.2) is 72.8 Å². The van der Waals surface area contributed by atoms with Gasteiger partial charge in [0.25, 0.3) is 0 Å². The molecule has 8 nitrogen and oxygen atoms in total. The number of fused-ring (bicyclic) bond motifs is 5. The van der Waals surface area contributed by atoms with Crippen LogP contribution >= 0.6 is 0 Å². The van der Waals surface area contributed by atoms with Crippen molar-refractivity contribution in [1.82, 2.24) is 10.3 Å². The second-order valence-corrected chi connectivity index (χ2v) is 12.1. The van der Waals surface area contributed by atoms with Gasteiger partial charge in [-0.2, -0.15) is 0 Å². The van der Waals surface area contributed by atoms with Crippen LogP contribution in [0.5, 0.6) is 5.75 Å². The Morgan fingerprint density at radius 1 is 1.00 bits per heavy atom. The zero-order valence-corrected chi connectivity index (χ0v) is 22.8. The molecule has 0 saturated heterocycles. The van der Waals surface area contributed by atoms with Gasteiger partial charge in [-0.1, -0.05) is 42.5 Å². The fraction of sp³-hybridized carbons (Fsp3) is 0.267. The van der Waals surface area contributed by atoms with E-state index in [1.54, 1.807) is 38.4 Å². The number of amides is 2. The number of likely N-dealkylation sites (N-methyl/N-ethyl adjacent to an activating group) is 1. The number of aromatic nitrogens is 1. The monoisotopic (exact) mass is 545 g/mol. The zero-order chi connectivity index (χ0) is 27.6. The van der Waals surface area contributed by atoms with Crippen LogP contribution in [0.1, 0.15) is 22.4 Å². The summed E-state index contributed by atoms with van der Waals surface area (Å²) in [4.78, 5) is 31.9. The predicted octanol–water partition coefficient (Wildman–Crippen LogP) is 3.58. The third kappa shape index (κ3) is 5.98. The number of methoxy groups -OCH3 is 1. The molecule has 2 N–H and O–H groups in total. The number of para-hydroxylation sites is 1. The van der Waals surface area contributed by atoms with Crippen molar-refractivity contribution >= 4 is 38.2 Å². The van der Waals surface area contributed by atoms with Crippen molar-refractivity contribution < 1.29 is 22.7 Å². The van der Waals surface area contributed by atoms with Gasteiger partial charge in [0.05, 0.1) is 25.0 Å². The second kappa shape index (κ2) is 10.9. The van der Waals surface area contributed by atoms with Crippen molar-refractivity contribution in [1.29, 1.82) is 0 Å². The summed E-state index contributed by atoms with van der Waals surface area (Å²) in [5.41, 5.74) is 4.30. The molecule has 0 radical (unpaired) electrons. The molecule has 2 heterocycles. The smallest absolute Gasteiger partial charge is 0.249 e. The lowest BCUT2D eigenvalue weighted by molar-refractivity contribution is -0.127. The summed E-state index contributed by atoms with van der Waals surface area (Å²) >= 11 is 0. The first-order valence-electron chi connectivity index (χ1n) is 12.8. The molecule has 1 aliphatic heterocycles. The van der Waals surface area contributed by atoms with E-state index in [1.165, 1.54) is 4.90 Å². The van der Waals surface area contributed by atoms with Gasteiger partial charge >= 0.3 is 0 Å². The molecule has 1 aliphatic rings. The van der Waals surface area contributed by atoms with Gasteiger partial charge in [0, 0.05) is 35.8 Å². The predicted molar refractivity (Wildman–Crippen MR) is 152 cm³/mol. The average Bonchev–Trinajstić information content (AvgIpc) is 3.26. The number of H-pyrrole nitrogens is 1. The van der Waals surface area contributed by atoms with Crippen molar-refractivity contribution in [3.63, 3.8) is 0 Å². The largest absolute Gasteiger partial charge is 0.497 e. The molecule has 9 heteroatoms. The minimum atomic E-state index is -3.44. The number of aromatic amines is 1. The van der Waals surface area contributed by atoms with Crippen LogP contribution < -0.4 is 15.0 Å². The minimum absolute atomic E-state index is 0.0139. The number of rotatable bonds is 3. The van der Waals surface area contributed by atoms with E-state index in [0.29, 0.717) is 29.1 Å². The van der Waals surface area contributed by atoms with Crippen molar-refractivity contribution in [2.75, 3.05) is 24.8 Å². The molecule has 1 unspecified atom stereocenters. The summed E-state index contributed by atoms with van der Waals surface area (Å²) in [6.07, 6.45) is 0.583. The SMILES string of the molecule is COc1ccc(N(C)C(=O)C2Cc3cccc(c3)CCS(=O)(=O)Cc3[nH]c4ccccc4c3CC(=O)N2)cc1. The molecule has 0 spiro atoms. The first-order valence-corrected chi connectivity index (χ1v) is 14.6. The Labute approximate surface area is 227 Å². The van der Waals surface area contributed by atoms with E-state index >= 15 is 0 Å². The number of ether oxygens (including phenoxy) is 1. The van der Waals surface area contributed by atoms with Gasteiger partial charge in [0.15, 0.2) is 9.84 Å². The molecule has 0 aliphatic carbocycles. The number of aryl methyl sites for hydroxylation is 1. The standard InChI is InChI=1S/C30H31N3O5S/c1-33(22-10-12-23(38-2)13-11-22)30(35)27-17-21-7-5-6-20(16-21)14-15-39(36,37)19-28-25(18-29(34)32-27)24-8-3-4-9-26(24)31-28/h3-13,16,27,31H,14-15,17-19H2,1-2H3,(H,32,34). The van der Waals surface area contributed by atoms with Crippen LogP contribution in [0.4, 0.5) is 5.69 Å². The Morgan fingerprint density at radius 3 is 2.51 bits per heavy atom. The first kappa shape index (κ1) is 26.5. The molecule has 2 amide bonds. The van der Waals surface area contributed by atoms with E-state index < -0.39 is 15.9 Å². The summed E-state index contributed by atoms with van der Waals surface area (Å²) < 4.78 is 31.4. The fourth-order valence-corrected chi connectivity index (χ4v) is 6.44. The van der Waals surface area contributed by atoms with Gasteiger partial charge in [-0.05, 0) is 53.4 Å². The Bertz CT molecular complexity index is 1630. The lowest BCUT2D eigenvalue weighted by Gasteiger charge is -2.25. The van der Waals surface area contributed by atoms with Gasteiger partial charge in [0.2, 0.25) is 11.8 Å². The summed E-state index contributed by atoms with van der Waals surface area (Å²) in [6.45, 7) is 0. The third-order valence-corrected chi connectivity index (χ3v) is 8.71. The number of benzene rings is 3. The van der Waals surface area contributed by atoms with Crippen molar-refractivity contribution in [3.8, 4) is 5.75 Å². The van der Waals surface area contributed by atoms with E-state index in [9.17, 15) is 18.0 Å². The van der Waals surface area contributed by atoms with Crippen LogP contribution in [-0.4, -0.2) is 51.2 Å². The number of nitrogens with one attached hydrogen (secondary N) is 2. The van der Waals surface area contributed by atoms with Crippen molar-refractivity contribution in [3.05, 3.63) is 95.2 Å². The Kier molecular flexibility index (Phi) is 7.43.